The van der Waals surface area contributed by atoms with E-state index in [2.05, 4.69) is 12.1 Å². The van der Waals surface area contributed by atoms with Gasteiger partial charge in [0.25, 0.3) is 5.91 Å². The van der Waals surface area contributed by atoms with Gasteiger partial charge >= 0.3 is 0 Å². The first-order valence-electron chi connectivity index (χ1n) is 7.61. The molecule has 4 nitrogen and oxygen atoms in total. The maximum Gasteiger partial charge on any atom is 0.259 e. The van der Waals surface area contributed by atoms with Crippen LogP contribution in [0.15, 0.2) is 28.8 Å². The van der Waals surface area contributed by atoms with Gasteiger partial charge in [-0.1, -0.05) is 35.0 Å². The second-order valence-corrected chi connectivity index (χ2v) is 6.19. The number of aromatic nitrogens is 1. The van der Waals surface area contributed by atoms with E-state index in [0.29, 0.717) is 22.0 Å². The Morgan fingerprint density at radius 2 is 2.14 bits per heavy atom. The van der Waals surface area contributed by atoms with Crippen LogP contribution in [-0.4, -0.2) is 28.6 Å². The van der Waals surface area contributed by atoms with Crippen molar-refractivity contribution in [2.24, 2.45) is 0 Å². The molecule has 5 heteroatoms. The number of hydrogen-bond acceptors (Lipinski definition) is 3. The van der Waals surface area contributed by atoms with Gasteiger partial charge in [-0.25, -0.2) is 0 Å². The Balaban J connectivity index is 2.03. The van der Waals surface area contributed by atoms with Crippen molar-refractivity contribution in [3.63, 3.8) is 0 Å². The average Bonchev–Trinajstić information content (AvgIpc) is 2.89. The second-order valence-electron chi connectivity index (χ2n) is 5.79. The first kappa shape index (κ1) is 15.1. The largest absolute Gasteiger partial charge is 0.360 e. The van der Waals surface area contributed by atoms with Crippen LogP contribution in [0.4, 0.5) is 0 Å². The van der Waals surface area contributed by atoms with Gasteiger partial charge in [-0.05, 0) is 39.2 Å². The molecule has 0 spiro atoms. The molecular weight excluding hydrogens is 300 g/mol. The monoisotopic (exact) mass is 318 g/mol. The van der Waals surface area contributed by atoms with Gasteiger partial charge in [0.1, 0.15) is 17.0 Å². The van der Waals surface area contributed by atoms with Gasteiger partial charge < -0.3 is 9.42 Å². The van der Waals surface area contributed by atoms with Crippen LogP contribution in [0.5, 0.6) is 0 Å². The predicted molar refractivity (Wildman–Crippen MR) is 86.0 cm³/mol. The minimum absolute atomic E-state index is 0.0131. The molecule has 1 fully saturated rings. The summed E-state index contributed by atoms with van der Waals surface area (Å²) in [6, 6.07) is 7.62. The normalized spacial score (nSPS) is 18.5. The molecule has 0 bridgehead atoms. The summed E-state index contributed by atoms with van der Waals surface area (Å²) in [5.41, 5.74) is 1.79. The Kier molecular flexibility index (Phi) is 4.21. The van der Waals surface area contributed by atoms with Crippen molar-refractivity contribution in [3.05, 3.63) is 40.6 Å². The lowest BCUT2D eigenvalue weighted by atomic mass is 10.00. The van der Waals surface area contributed by atoms with Crippen molar-refractivity contribution < 1.29 is 9.32 Å². The van der Waals surface area contributed by atoms with Crippen molar-refractivity contribution in [1.29, 1.82) is 0 Å². The predicted octanol–water partition coefficient (Wildman–Crippen LogP) is 4.32. The van der Waals surface area contributed by atoms with E-state index in [-0.39, 0.29) is 11.9 Å². The summed E-state index contributed by atoms with van der Waals surface area (Å²) in [6.45, 7) is 4.65. The molecule has 1 aliphatic rings. The van der Waals surface area contributed by atoms with Crippen LogP contribution in [0.2, 0.25) is 5.02 Å². The molecule has 22 heavy (non-hydrogen) atoms. The smallest absolute Gasteiger partial charge is 0.259 e. The number of rotatable bonds is 2. The second kappa shape index (κ2) is 6.13. The minimum atomic E-state index is -0.0131. The molecule has 1 aliphatic heterocycles. The third-order valence-electron chi connectivity index (χ3n) is 4.27. The number of amides is 1. The van der Waals surface area contributed by atoms with Crippen LogP contribution in [0.1, 0.15) is 42.3 Å². The molecule has 0 unspecified atom stereocenters. The number of benzene rings is 1. The fraction of sp³-hybridized carbons (Fsp3) is 0.412. The highest BCUT2D eigenvalue weighted by Crippen LogP contribution is 2.32. The van der Waals surface area contributed by atoms with E-state index in [9.17, 15) is 4.79 Å². The van der Waals surface area contributed by atoms with Gasteiger partial charge in [-0.2, -0.15) is 0 Å². The molecule has 116 valence electrons. The maximum absolute atomic E-state index is 13.0. The van der Waals surface area contributed by atoms with E-state index in [1.807, 2.05) is 23.1 Å². The number of carbonyl (C=O) groups is 1. The first-order chi connectivity index (χ1) is 10.6. The van der Waals surface area contributed by atoms with Gasteiger partial charge in [0.15, 0.2) is 0 Å². The summed E-state index contributed by atoms with van der Waals surface area (Å²) < 4.78 is 5.30. The summed E-state index contributed by atoms with van der Waals surface area (Å²) in [5.74, 6) is 0.526. The Morgan fingerprint density at radius 3 is 2.86 bits per heavy atom. The molecular formula is C17H19ClN2O2. The lowest BCUT2D eigenvalue weighted by molar-refractivity contribution is 0.0634. The molecule has 1 atom stereocenters. The highest BCUT2D eigenvalue weighted by molar-refractivity contribution is 6.33. The number of halogens is 1. The van der Waals surface area contributed by atoms with Gasteiger partial charge in [0.2, 0.25) is 0 Å². The highest BCUT2D eigenvalue weighted by atomic mass is 35.5. The Hall–Kier alpha value is -1.81. The van der Waals surface area contributed by atoms with Gasteiger partial charge in [0.05, 0.1) is 5.02 Å². The highest BCUT2D eigenvalue weighted by Gasteiger charge is 2.30. The molecule has 1 amide bonds. The average molecular weight is 319 g/mol. The van der Waals surface area contributed by atoms with E-state index < -0.39 is 0 Å². The van der Waals surface area contributed by atoms with Crippen LogP contribution in [0, 0.1) is 6.92 Å². The SMILES string of the molecule is Cc1onc(-c2ccccc2Cl)c1C(=O)N1CCCC[C@H]1C. The van der Waals surface area contributed by atoms with E-state index in [0.717, 1.165) is 24.9 Å². The van der Waals surface area contributed by atoms with Crippen molar-refractivity contribution in [2.45, 2.75) is 39.2 Å². The van der Waals surface area contributed by atoms with Crippen molar-refractivity contribution in [1.82, 2.24) is 10.1 Å². The number of carbonyl (C=O) groups excluding carboxylic acids is 1. The van der Waals surface area contributed by atoms with Crippen molar-refractivity contribution in [2.75, 3.05) is 6.54 Å². The zero-order valence-electron chi connectivity index (χ0n) is 12.8. The molecule has 0 N–H and O–H groups in total. The minimum Gasteiger partial charge on any atom is -0.360 e. The van der Waals surface area contributed by atoms with E-state index >= 15 is 0 Å². The van der Waals surface area contributed by atoms with Gasteiger partial charge in [0, 0.05) is 18.2 Å². The molecule has 0 saturated carbocycles. The quantitative estimate of drug-likeness (QED) is 0.828. The zero-order valence-corrected chi connectivity index (χ0v) is 13.6. The van der Waals surface area contributed by atoms with Crippen LogP contribution in [0.25, 0.3) is 11.3 Å². The maximum atomic E-state index is 13.0. The van der Waals surface area contributed by atoms with Crippen LogP contribution < -0.4 is 0 Å². The summed E-state index contributed by atoms with van der Waals surface area (Å²) in [5, 5.41) is 4.65. The molecule has 1 aromatic heterocycles. The lowest BCUT2D eigenvalue weighted by Gasteiger charge is -2.33. The Morgan fingerprint density at radius 1 is 1.36 bits per heavy atom. The van der Waals surface area contributed by atoms with Gasteiger partial charge in [-0.3, -0.25) is 4.79 Å². The standard InChI is InChI=1S/C17H19ClN2O2/c1-11-7-5-6-10-20(11)17(21)15-12(2)22-19-16(15)13-8-3-4-9-14(13)18/h3-4,8-9,11H,5-7,10H2,1-2H3/t11-/m1/s1. The van der Waals surface area contributed by atoms with E-state index in [1.54, 1.807) is 13.0 Å². The number of hydrogen-bond donors (Lipinski definition) is 0. The number of piperidine rings is 1. The molecule has 0 radical (unpaired) electrons. The summed E-state index contributed by atoms with van der Waals surface area (Å²) in [6.07, 6.45) is 3.25. The molecule has 3 rings (SSSR count). The van der Waals surface area contributed by atoms with E-state index in [1.165, 1.54) is 6.42 Å². The summed E-state index contributed by atoms with van der Waals surface area (Å²) in [4.78, 5) is 14.9. The first-order valence-corrected chi connectivity index (χ1v) is 7.99. The Bertz CT molecular complexity index is 696. The fourth-order valence-corrected chi connectivity index (χ4v) is 3.23. The summed E-state index contributed by atoms with van der Waals surface area (Å²) >= 11 is 6.25. The van der Waals surface area contributed by atoms with Crippen LogP contribution in [-0.2, 0) is 0 Å². The lowest BCUT2D eigenvalue weighted by Crippen LogP contribution is -2.42. The van der Waals surface area contributed by atoms with Crippen LogP contribution >= 0.6 is 11.6 Å². The third kappa shape index (κ3) is 2.63. The number of nitrogens with zero attached hydrogens (tertiary/aromatic N) is 2. The van der Waals surface area contributed by atoms with Crippen molar-refractivity contribution >= 4 is 17.5 Å². The number of aryl methyl sites for hydroxylation is 1. The molecule has 2 aromatic rings. The van der Waals surface area contributed by atoms with Crippen LogP contribution in [0.3, 0.4) is 0 Å². The topological polar surface area (TPSA) is 46.3 Å². The Labute approximate surface area is 135 Å². The molecule has 0 aliphatic carbocycles. The zero-order chi connectivity index (χ0) is 15.7. The van der Waals surface area contributed by atoms with E-state index in [4.69, 9.17) is 16.1 Å². The molecule has 1 aromatic carbocycles. The summed E-state index contributed by atoms with van der Waals surface area (Å²) in [7, 11) is 0. The van der Waals surface area contributed by atoms with Crippen molar-refractivity contribution in [3.8, 4) is 11.3 Å². The van der Waals surface area contributed by atoms with Gasteiger partial charge in [-0.15, -0.1) is 0 Å². The molecule has 2 heterocycles. The third-order valence-corrected chi connectivity index (χ3v) is 4.60. The fourth-order valence-electron chi connectivity index (χ4n) is 3.00. The number of likely N-dealkylation sites (tertiary alicyclic amines) is 1. The molecule has 1 saturated heterocycles.